The van der Waals surface area contributed by atoms with Crippen LogP contribution in [-0.2, 0) is 0 Å². The quantitative estimate of drug-likeness (QED) is 0.836. The maximum absolute atomic E-state index is 13.4. The Hall–Kier alpha value is -1.22. The van der Waals surface area contributed by atoms with Crippen molar-refractivity contribution in [2.75, 3.05) is 0 Å². The summed E-state index contributed by atoms with van der Waals surface area (Å²) in [5.74, 6) is 0.0755. The first-order chi connectivity index (χ1) is 9.54. The number of nitrogens with one attached hydrogen (secondary N) is 1. The molecule has 0 aromatic heterocycles. The smallest absolute Gasteiger partial charge is 0.166 e. The molecule has 2 aliphatic rings. The second-order valence-corrected chi connectivity index (χ2v) is 6.44. The molecule has 108 valence electrons. The first kappa shape index (κ1) is 13.7. The van der Waals surface area contributed by atoms with Crippen molar-refractivity contribution in [2.24, 2.45) is 5.92 Å². The van der Waals surface area contributed by atoms with Crippen LogP contribution in [0.4, 0.5) is 4.39 Å². The second-order valence-electron chi connectivity index (χ2n) is 6.44. The number of fused-ring (bicyclic) bond motifs is 2. The topological polar surface area (TPSA) is 29.1 Å². The Balaban J connectivity index is 1.86. The van der Waals surface area contributed by atoms with Crippen molar-refractivity contribution in [1.82, 2.24) is 5.32 Å². The zero-order chi connectivity index (χ0) is 14.3. The van der Waals surface area contributed by atoms with Crippen LogP contribution in [0.3, 0.4) is 0 Å². The minimum atomic E-state index is -0.251. The summed E-state index contributed by atoms with van der Waals surface area (Å²) in [5, 5.41) is 3.62. The van der Waals surface area contributed by atoms with Gasteiger partial charge in [0, 0.05) is 23.6 Å². The molecule has 0 spiro atoms. The first-order valence-electron chi connectivity index (χ1n) is 7.61. The van der Waals surface area contributed by atoms with Gasteiger partial charge in [0.15, 0.2) is 5.78 Å². The normalized spacial score (nSPS) is 29.2. The largest absolute Gasteiger partial charge is 0.311 e. The van der Waals surface area contributed by atoms with E-state index in [-0.39, 0.29) is 17.5 Å². The standard InChI is InChI=1S/C17H22FNO/c1-10-6-13(18)7-11(2)16(10)17(20)12-8-14-4-3-5-15(9-12)19-14/h6-7,12,14-15,19H,3-5,8-9H2,1-2H3. The highest BCUT2D eigenvalue weighted by Crippen LogP contribution is 2.33. The van der Waals surface area contributed by atoms with Crippen LogP contribution >= 0.6 is 0 Å². The number of hydrogen-bond donors (Lipinski definition) is 1. The molecule has 2 saturated heterocycles. The molecule has 0 aliphatic carbocycles. The van der Waals surface area contributed by atoms with E-state index in [1.165, 1.54) is 31.4 Å². The molecule has 1 aromatic carbocycles. The molecule has 2 atom stereocenters. The number of Topliss-reactive ketones (excluding diaryl/α,β-unsaturated/α-hetero) is 1. The maximum Gasteiger partial charge on any atom is 0.166 e. The molecule has 2 unspecified atom stereocenters. The van der Waals surface area contributed by atoms with Gasteiger partial charge >= 0.3 is 0 Å². The Morgan fingerprint density at radius 3 is 2.25 bits per heavy atom. The van der Waals surface area contributed by atoms with Crippen LogP contribution in [0.15, 0.2) is 12.1 Å². The van der Waals surface area contributed by atoms with Crippen molar-refractivity contribution in [3.8, 4) is 0 Å². The number of hydrogen-bond acceptors (Lipinski definition) is 2. The van der Waals surface area contributed by atoms with Gasteiger partial charge in [-0.3, -0.25) is 4.79 Å². The lowest BCUT2D eigenvalue weighted by Crippen LogP contribution is -2.50. The number of rotatable bonds is 2. The Morgan fingerprint density at radius 1 is 1.15 bits per heavy atom. The van der Waals surface area contributed by atoms with Gasteiger partial charge in [-0.25, -0.2) is 4.39 Å². The third-order valence-electron chi connectivity index (χ3n) is 4.83. The highest BCUT2D eigenvalue weighted by atomic mass is 19.1. The zero-order valence-electron chi connectivity index (χ0n) is 12.2. The van der Waals surface area contributed by atoms with Crippen LogP contribution in [0.25, 0.3) is 0 Å². The lowest BCUT2D eigenvalue weighted by atomic mass is 9.76. The number of halogens is 1. The summed E-state index contributed by atoms with van der Waals surface area (Å²) in [6.07, 6.45) is 5.51. The van der Waals surface area contributed by atoms with Crippen LogP contribution in [0.2, 0.25) is 0 Å². The zero-order valence-corrected chi connectivity index (χ0v) is 12.2. The van der Waals surface area contributed by atoms with Gasteiger partial charge in [0.1, 0.15) is 5.82 Å². The molecular formula is C17H22FNO. The van der Waals surface area contributed by atoms with Crippen molar-refractivity contribution < 1.29 is 9.18 Å². The van der Waals surface area contributed by atoms with Gasteiger partial charge in [-0.2, -0.15) is 0 Å². The van der Waals surface area contributed by atoms with E-state index in [0.29, 0.717) is 12.1 Å². The Kier molecular flexibility index (Phi) is 3.63. The van der Waals surface area contributed by atoms with Crippen molar-refractivity contribution in [3.63, 3.8) is 0 Å². The number of aryl methyl sites for hydroxylation is 2. The monoisotopic (exact) mass is 275 g/mol. The van der Waals surface area contributed by atoms with Gasteiger partial charge in [-0.15, -0.1) is 0 Å². The van der Waals surface area contributed by atoms with Gasteiger partial charge in [0.25, 0.3) is 0 Å². The van der Waals surface area contributed by atoms with Gasteiger partial charge in [-0.1, -0.05) is 6.42 Å². The Bertz CT molecular complexity index is 505. The fraction of sp³-hybridized carbons (Fsp3) is 0.588. The SMILES string of the molecule is Cc1cc(F)cc(C)c1C(=O)C1CC2CCCC(C1)N2. The summed E-state index contributed by atoms with van der Waals surface area (Å²) in [5.41, 5.74) is 2.30. The fourth-order valence-electron chi connectivity index (χ4n) is 3.98. The van der Waals surface area contributed by atoms with E-state index in [9.17, 15) is 9.18 Å². The second kappa shape index (κ2) is 5.28. The van der Waals surface area contributed by atoms with Crippen LogP contribution in [0, 0.1) is 25.6 Å². The number of carbonyl (C=O) groups excluding carboxylic acids is 1. The van der Waals surface area contributed by atoms with Crippen molar-refractivity contribution in [3.05, 3.63) is 34.6 Å². The molecule has 1 N–H and O–H groups in total. The molecule has 2 fully saturated rings. The predicted molar refractivity (Wildman–Crippen MR) is 77.5 cm³/mol. The fourth-order valence-corrected chi connectivity index (χ4v) is 3.98. The summed E-state index contributed by atoms with van der Waals surface area (Å²) >= 11 is 0. The van der Waals surface area contributed by atoms with E-state index in [4.69, 9.17) is 0 Å². The van der Waals surface area contributed by atoms with E-state index in [0.717, 1.165) is 29.5 Å². The predicted octanol–water partition coefficient (Wildman–Crippen LogP) is 3.55. The third-order valence-corrected chi connectivity index (χ3v) is 4.83. The molecule has 0 amide bonds. The lowest BCUT2D eigenvalue weighted by Gasteiger charge is -2.40. The lowest BCUT2D eigenvalue weighted by molar-refractivity contribution is 0.0823. The Labute approximate surface area is 119 Å². The summed E-state index contributed by atoms with van der Waals surface area (Å²) < 4.78 is 13.4. The molecule has 3 rings (SSSR count). The number of benzene rings is 1. The number of piperidine rings is 2. The number of carbonyl (C=O) groups is 1. The molecule has 2 bridgehead atoms. The van der Waals surface area contributed by atoms with E-state index in [2.05, 4.69) is 5.32 Å². The maximum atomic E-state index is 13.4. The van der Waals surface area contributed by atoms with Gasteiger partial charge in [0.05, 0.1) is 0 Å². The molecule has 1 aromatic rings. The van der Waals surface area contributed by atoms with Crippen LogP contribution < -0.4 is 5.32 Å². The van der Waals surface area contributed by atoms with Crippen LogP contribution in [-0.4, -0.2) is 17.9 Å². The average Bonchev–Trinajstić information content (AvgIpc) is 2.36. The van der Waals surface area contributed by atoms with Crippen molar-refractivity contribution in [2.45, 2.75) is 58.0 Å². The van der Waals surface area contributed by atoms with Crippen LogP contribution in [0.1, 0.15) is 53.6 Å². The molecule has 2 aliphatic heterocycles. The first-order valence-corrected chi connectivity index (χ1v) is 7.61. The summed E-state index contributed by atoms with van der Waals surface area (Å²) in [6, 6.07) is 3.94. The van der Waals surface area contributed by atoms with E-state index < -0.39 is 0 Å². The molecule has 20 heavy (non-hydrogen) atoms. The van der Waals surface area contributed by atoms with E-state index in [1.54, 1.807) is 0 Å². The summed E-state index contributed by atoms with van der Waals surface area (Å²) in [6.45, 7) is 3.68. The van der Waals surface area contributed by atoms with Crippen molar-refractivity contribution >= 4 is 5.78 Å². The summed E-state index contributed by atoms with van der Waals surface area (Å²) in [4.78, 5) is 12.8. The van der Waals surface area contributed by atoms with Gasteiger partial charge in [-0.05, 0) is 62.8 Å². The molecule has 2 heterocycles. The highest BCUT2D eigenvalue weighted by Gasteiger charge is 2.35. The summed E-state index contributed by atoms with van der Waals surface area (Å²) in [7, 11) is 0. The minimum absolute atomic E-state index is 0.106. The van der Waals surface area contributed by atoms with Gasteiger partial charge in [0.2, 0.25) is 0 Å². The van der Waals surface area contributed by atoms with E-state index >= 15 is 0 Å². The third kappa shape index (κ3) is 2.51. The van der Waals surface area contributed by atoms with Gasteiger partial charge < -0.3 is 5.32 Å². The molecular weight excluding hydrogens is 253 g/mol. The minimum Gasteiger partial charge on any atom is -0.311 e. The van der Waals surface area contributed by atoms with Crippen LogP contribution in [0.5, 0.6) is 0 Å². The molecule has 0 saturated carbocycles. The van der Waals surface area contributed by atoms with E-state index in [1.807, 2.05) is 13.8 Å². The average molecular weight is 275 g/mol. The Morgan fingerprint density at radius 2 is 1.70 bits per heavy atom. The van der Waals surface area contributed by atoms with Crippen molar-refractivity contribution in [1.29, 1.82) is 0 Å². The molecule has 2 nitrogen and oxygen atoms in total. The number of ketones is 1. The highest BCUT2D eigenvalue weighted by molar-refractivity contribution is 6.00. The molecule has 3 heteroatoms. The molecule has 0 radical (unpaired) electrons.